The van der Waals surface area contributed by atoms with Gasteiger partial charge in [-0.2, -0.15) is 0 Å². The topological polar surface area (TPSA) is 46.2 Å². The number of halogens is 2. The van der Waals surface area contributed by atoms with Crippen molar-refractivity contribution in [3.05, 3.63) is 34.9 Å². The molecular weight excluding hydrogens is 264 g/mol. The minimum atomic E-state index is -0.994. The third-order valence-electron chi connectivity index (χ3n) is 3.53. The highest BCUT2D eigenvalue weighted by Gasteiger charge is 2.35. The van der Waals surface area contributed by atoms with E-state index < -0.39 is 28.9 Å². The fourth-order valence-electron chi connectivity index (χ4n) is 2.53. The van der Waals surface area contributed by atoms with Crippen molar-refractivity contribution in [1.82, 2.24) is 5.32 Å². The van der Waals surface area contributed by atoms with Crippen LogP contribution in [0.5, 0.6) is 0 Å². The van der Waals surface area contributed by atoms with Crippen LogP contribution in [0.3, 0.4) is 0 Å². The highest BCUT2D eigenvalue weighted by Crippen LogP contribution is 2.36. The lowest BCUT2D eigenvalue weighted by Crippen LogP contribution is -2.40. The first-order valence-electron chi connectivity index (χ1n) is 6.54. The van der Waals surface area contributed by atoms with E-state index in [9.17, 15) is 18.4 Å². The number of hydrogen-bond donors (Lipinski definition) is 1. The second-order valence-corrected chi connectivity index (χ2v) is 6.08. The molecule has 2 amide bonds. The molecule has 1 aliphatic rings. The lowest BCUT2D eigenvalue weighted by molar-refractivity contribution is -0.134. The number of imide groups is 1. The summed E-state index contributed by atoms with van der Waals surface area (Å²) in [6.07, 6.45) is 0.337. The molecule has 2 rings (SSSR count). The number of benzene rings is 1. The largest absolute Gasteiger partial charge is 0.296 e. The zero-order chi connectivity index (χ0) is 15.1. The molecule has 1 N–H and O–H groups in total. The molecule has 20 heavy (non-hydrogen) atoms. The number of carbonyl (C=O) groups excluding carboxylic acids is 2. The van der Waals surface area contributed by atoms with Crippen molar-refractivity contribution in [3.8, 4) is 0 Å². The first-order chi connectivity index (χ1) is 9.21. The van der Waals surface area contributed by atoms with Gasteiger partial charge in [-0.25, -0.2) is 8.78 Å². The van der Waals surface area contributed by atoms with E-state index in [1.54, 1.807) is 0 Å². The quantitative estimate of drug-likeness (QED) is 0.805. The van der Waals surface area contributed by atoms with Gasteiger partial charge in [-0.1, -0.05) is 26.8 Å². The molecular formula is C15H17F2NO2. The SMILES string of the molecule is CC(C)(C)c1ccc(F)c(F)c1C1CCC(=O)NC1=O. The molecule has 0 aliphatic carbocycles. The maximum Gasteiger partial charge on any atom is 0.234 e. The van der Waals surface area contributed by atoms with Crippen molar-refractivity contribution in [2.45, 2.75) is 44.9 Å². The van der Waals surface area contributed by atoms with Gasteiger partial charge in [0.2, 0.25) is 11.8 Å². The zero-order valence-electron chi connectivity index (χ0n) is 11.7. The van der Waals surface area contributed by atoms with E-state index in [0.717, 1.165) is 6.07 Å². The van der Waals surface area contributed by atoms with E-state index >= 15 is 0 Å². The number of amides is 2. The van der Waals surface area contributed by atoms with Crippen LogP contribution in [0.25, 0.3) is 0 Å². The lowest BCUT2D eigenvalue weighted by Gasteiger charge is -2.29. The monoisotopic (exact) mass is 281 g/mol. The number of carbonyl (C=O) groups is 2. The van der Waals surface area contributed by atoms with Crippen molar-refractivity contribution in [2.75, 3.05) is 0 Å². The standard InChI is InChI=1S/C15H17F2NO2/c1-15(2,3)9-5-6-10(16)13(17)12(9)8-4-7-11(19)18-14(8)20/h5-6,8H,4,7H2,1-3H3,(H,18,19,20). The molecule has 0 saturated carbocycles. The maximum absolute atomic E-state index is 14.2. The van der Waals surface area contributed by atoms with E-state index in [4.69, 9.17) is 0 Å². The summed E-state index contributed by atoms with van der Waals surface area (Å²) in [7, 11) is 0. The van der Waals surface area contributed by atoms with Crippen molar-refractivity contribution in [2.24, 2.45) is 0 Å². The van der Waals surface area contributed by atoms with E-state index in [1.807, 2.05) is 20.8 Å². The number of nitrogens with one attached hydrogen (secondary N) is 1. The van der Waals surface area contributed by atoms with Crippen molar-refractivity contribution in [3.63, 3.8) is 0 Å². The number of piperidine rings is 1. The van der Waals surface area contributed by atoms with Gasteiger partial charge in [0.05, 0.1) is 5.92 Å². The van der Waals surface area contributed by atoms with E-state index in [2.05, 4.69) is 5.32 Å². The Morgan fingerprint density at radius 3 is 2.40 bits per heavy atom. The molecule has 1 heterocycles. The van der Waals surface area contributed by atoms with Crippen LogP contribution in [0.1, 0.15) is 50.7 Å². The molecule has 1 unspecified atom stereocenters. The predicted octanol–water partition coefficient (Wildman–Crippen LogP) is 2.78. The van der Waals surface area contributed by atoms with Crippen LogP contribution >= 0.6 is 0 Å². The molecule has 1 fully saturated rings. The van der Waals surface area contributed by atoms with Gasteiger partial charge in [0.25, 0.3) is 0 Å². The molecule has 3 nitrogen and oxygen atoms in total. The van der Waals surface area contributed by atoms with Crippen molar-refractivity contribution in [1.29, 1.82) is 0 Å². The van der Waals surface area contributed by atoms with Crippen LogP contribution in [0.4, 0.5) is 8.78 Å². The Balaban J connectivity index is 2.57. The normalized spacial score (nSPS) is 19.9. The average molecular weight is 281 g/mol. The Morgan fingerprint density at radius 2 is 1.85 bits per heavy atom. The molecule has 108 valence electrons. The second kappa shape index (κ2) is 4.96. The fraction of sp³-hybridized carbons (Fsp3) is 0.467. The molecule has 5 heteroatoms. The zero-order valence-corrected chi connectivity index (χ0v) is 11.7. The van der Waals surface area contributed by atoms with Crippen LogP contribution in [-0.4, -0.2) is 11.8 Å². The summed E-state index contributed by atoms with van der Waals surface area (Å²) in [5.41, 5.74) is 0.236. The van der Waals surface area contributed by atoms with E-state index in [1.165, 1.54) is 6.07 Å². The van der Waals surface area contributed by atoms with Crippen LogP contribution < -0.4 is 5.32 Å². The Morgan fingerprint density at radius 1 is 1.20 bits per heavy atom. The van der Waals surface area contributed by atoms with Crippen molar-refractivity contribution < 1.29 is 18.4 Å². The lowest BCUT2D eigenvalue weighted by atomic mass is 9.77. The summed E-state index contributed by atoms with van der Waals surface area (Å²) < 4.78 is 27.7. The maximum atomic E-state index is 14.2. The molecule has 1 aliphatic heterocycles. The number of hydrogen-bond acceptors (Lipinski definition) is 2. The Kier molecular flexibility index (Phi) is 3.63. The van der Waals surface area contributed by atoms with Gasteiger partial charge in [0, 0.05) is 12.0 Å². The van der Waals surface area contributed by atoms with Gasteiger partial charge in [-0.3, -0.25) is 14.9 Å². The molecule has 0 bridgehead atoms. The summed E-state index contributed by atoms with van der Waals surface area (Å²) in [6.45, 7) is 5.61. The van der Waals surface area contributed by atoms with Gasteiger partial charge in [-0.05, 0) is 23.5 Å². The molecule has 1 aromatic rings. The molecule has 1 atom stereocenters. The fourth-order valence-corrected chi connectivity index (χ4v) is 2.53. The molecule has 1 aromatic carbocycles. The summed E-state index contributed by atoms with van der Waals surface area (Å²) in [5.74, 6) is -3.72. The second-order valence-electron chi connectivity index (χ2n) is 6.08. The first-order valence-corrected chi connectivity index (χ1v) is 6.54. The van der Waals surface area contributed by atoms with Gasteiger partial charge in [-0.15, -0.1) is 0 Å². The minimum absolute atomic E-state index is 0.0718. The van der Waals surface area contributed by atoms with Crippen LogP contribution in [0.15, 0.2) is 12.1 Å². The molecule has 1 saturated heterocycles. The Hall–Kier alpha value is -1.78. The van der Waals surface area contributed by atoms with Gasteiger partial charge in [0.1, 0.15) is 0 Å². The highest BCUT2D eigenvalue weighted by atomic mass is 19.2. The van der Waals surface area contributed by atoms with Gasteiger partial charge >= 0.3 is 0 Å². The van der Waals surface area contributed by atoms with Crippen LogP contribution in [0, 0.1) is 11.6 Å². The smallest absolute Gasteiger partial charge is 0.234 e. The Bertz CT molecular complexity index is 576. The van der Waals surface area contributed by atoms with Gasteiger partial charge in [0.15, 0.2) is 11.6 Å². The third-order valence-corrected chi connectivity index (χ3v) is 3.53. The summed E-state index contributed by atoms with van der Waals surface area (Å²) in [4.78, 5) is 23.1. The Labute approximate surface area is 116 Å². The average Bonchev–Trinajstić information content (AvgIpc) is 2.32. The summed E-state index contributed by atoms with van der Waals surface area (Å²) >= 11 is 0. The van der Waals surface area contributed by atoms with Gasteiger partial charge < -0.3 is 0 Å². The molecule has 0 aromatic heterocycles. The minimum Gasteiger partial charge on any atom is -0.296 e. The molecule has 0 spiro atoms. The van der Waals surface area contributed by atoms with E-state index in [-0.39, 0.29) is 24.3 Å². The van der Waals surface area contributed by atoms with Crippen LogP contribution in [-0.2, 0) is 15.0 Å². The van der Waals surface area contributed by atoms with Crippen molar-refractivity contribution >= 4 is 11.8 Å². The number of rotatable bonds is 1. The highest BCUT2D eigenvalue weighted by molar-refractivity contribution is 6.01. The third kappa shape index (κ3) is 2.57. The van der Waals surface area contributed by atoms with E-state index in [0.29, 0.717) is 5.56 Å². The predicted molar refractivity (Wildman–Crippen MR) is 70.2 cm³/mol. The first kappa shape index (κ1) is 14.6. The summed E-state index contributed by atoms with van der Waals surface area (Å²) in [5, 5.41) is 2.19. The van der Waals surface area contributed by atoms with Crippen LogP contribution in [0.2, 0.25) is 0 Å². The summed E-state index contributed by atoms with van der Waals surface area (Å²) in [6, 6.07) is 2.59. The molecule has 0 radical (unpaired) electrons.